The maximum atomic E-state index is 5.65. The molecule has 2 aliphatic heterocycles. The van der Waals surface area contributed by atoms with Crippen molar-refractivity contribution in [3.63, 3.8) is 0 Å². The highest BCUT2D eigenvalue weighted by molar-refractivity contribution is 4.83. The second-order valence-corrected chi connectivity index (χ2v) is 6.14. The molecule has 2 heterocycles. The molecule has 0 aromatic heterocycles. The highest BCUT2D eigenvalue weighted by atomic mass is 16.5. The first-order valence-corrected chi connectivity index (χ1v) is 7.87. The molecule has 2 atom stereocenters. The number of ether oxygens (including phenoxy) is 2. The van der Waals surface area contributed by atoms with Gasteiger partial charge in [0.2, 0.25) is 0 Å². The van der Waals surface area contributed by atoms with Crippen molar-refractivity contribution in [1.82, 2.24) is 10.2 Å². The van der Waals surface area contributed by atoms with Crippen LogP contribution in [0.3, 0.4) is 0 Å². The summed E-state index contributed by atoms with van der Waals surface area (Å²) < 4.78 is 11.1. The van der Waals surface area contributed by atoms with Crippen LogP contribution in [-0.2, 0) is 9.47 Å². The largest absolute Gasteiger partial charge is 0.381 e. The predicted molar refractivity (Wildman–Crippen MR) is 77.4 cm³/mol. The molecule has 0 aliphatic carbocycles. The lowest BCUT2D eigenvalue weighted by molar-refractivity contribution is 0.0533. The molecule has 1 N–H and O–H groups in total. The molecular formula is C15H30N2O2. The second kappa shape index (κ2) is 8.20. The Morgan fingerprint density at radius 3 is 2.63 bits per heavy atom. The number of nitrogens with zero attached hydrogens (tertiary/aromatic N) is 1. The van der Waals surface area contributed by atoms with Gasteiger partial charge in [-0.2, -0.15) is 0 Å². The fourth-order valence-corrected chi connectivity index (χ4v) is 3.18. The molecule has 0 aromatic rings. The van der Waals surface area contributed by atoms with Crippen molar-refractivity contribution in [3.05, 3.63) is 0 Å². The van der Waals surface area contributed by atoms with Crippen molar-refractivity contribution in [2.45, 2.75) is 32.2 Å². The first-order valence-electron chi connectivity index (χ1n) is 7.87. The molecule has 0 radical (unpaired) electrons. The standard InChI is InChI=1S/C15H30N2O2/c1-3-6-16-15-12-19-11-14(15)10-17(2)9-13-4-7-18-8-5-13/h13-16H,3-12H2,1-2H3. The van der Waals surface area contributed by atoms with E-state index < -0.39 is 0 Å². The third kappa shape index (κ3) is 5.03. The molecule has 0 saturated carbocycles. The smallest absolute Gasteiger partial charge is 0.0623 e. The summed E-state index contributed by atoms with van der Waals surface area (Å²) in [6.07, 6.45) is 3.65. The molecule has 4 heteroatoms. The van der Waals surface area contributed by atoms with Crippen LogP contribution in [-0.4, -0.2) is 64.1 Å². The van der Waals surface area contributed by atoms with Crippen LogP contribution < -0.4 is 5.32 Å². The highest BCUT2D eigenvalue weighted by Crippen LogP contribution is 2.19. The van der Waals surface area contributed by atoms with Gasteiger partial charge in [0.1, 0.15) is 0 Å². The SMILES string of the molecule is CCCNC1COCC1CN(C)CC1CCOCC1. The van der Waals surface area contributed by atoms with Gasteiger partial charge in [0.25, 0.3) is 0 Å². The van der Waals surface area contributed by atoms with Gasteiger partial charge in [-0.1, -0.05) is 6.92 Å². The van der Waals surface area contributed by atoms with Crippen LogP contribution in [0.4, 0.5) is 0 Å². The van der Waals surface area contributed by atoms with E-state index in [0.29, 0.717) is 12.0 Å². The van der Waals surface area contributed by atoms with Gasteiger partial charge in [0, 0.05) is 38.3 Å². The summed E-state index contributed by atoms with van der Waals surface area (Å²) in [5.74, 6) is 1.47. The summed E-state index contributed by atoms with van der Waals surface area (Å²) in [6.45, 7) is 9.38. The molecule has 2 rings (SSSR count). The number of nitrogens with one attached hydrogen (secondary N) is 1. The van der Waals surface area contributed by atoms with Crippen molar-refractivity contribution in [2.75, 3.05) is 53.1 Å². The normalized spacial score (nSPS) is 29.2. The third-order valence-electron chi connectivity index (χ3n) is 4.31. The lowest BCUT2D eigenvalue weighted by Crippen LogP contribution is -2.42. The minimum absolute atomic E-state index is 0.553. The van der Waals surface area contributed by atoms with Crippen molar-refractivity contribution in [2.24, 2.45) is 11.8 Å². The van der Waals surface area contributed by atoms with Crippen LogP contribution in [0.25, 0.3) is 0 Å². The molecule has 2 aliphatic rings. The van der Waals surface area contributed by atoms with E-state index in [1.807, 2.05) is 0 Å². The Bertz CT molecular complexity index is 244. The Labute approximate surface area is 117 Å². The first-order chi connectivity index (χ1) is 9.29. The second-order valence-electron chi connectivity index (χ2n) is 6.14. The Hall–Kier alpha value is -0.160. The predicted octanol–water partition coefficient (Wildman–Crippen LogP) is 1.36. The molecular weight excluding hydrogens is 240 g/mol. The van der Waals surface area contributed by atoms with Gasteiger partial charge < -0.3 is 19.7 Å². The maximum absolute atomic E-state index is 5.65. The molecule has 112 valence electrons. The van der Waals surface area contributed by atoms with Crippen molar-refractivity contribution >= 4 is 0 Å². The average molecular weight is 270 g/mol. The zero-order valence-corrected chi connectivity index (χ0v) is 12.6. The van der Waals surface area contributed by atoms with Crippen LogP contribution in [0.15, 0.2) is 0 Å². The van der Waals surface area contributed by atoms with Gasteiger partial charge in [-0.05, 0) is 38.8 Å². The Morgan fingerprint density at radius 1 is 1.11 bits per heavy atom. The van der Waals surface area contributed by atoms with Crippen molar-refractivity contribution in [1.29, 1.82) is 0 Å². The molecule has 0 aromatic carbocycles. The van der Waals surface area contributed by atoms with E-state index in [-0.39, 0.29) is 0 Å². The van der Waals surface area contributed by atoms with Crippen LogP contribution in [0.2, 0.25) is 0 Å². The maximum Gasteiger partial charge on any atom is 0.0623 e. The van der Waals surface area contributed by atoms with Gasteiger partial charge in [0.05, 0.1) is 13.2 Å². The van der Waals surface area contributed by atoms with Gasteiger partial charge in [-0.15, -0.1) is 0 Å². The third-order valence-corrected chi connectivity index (χ3v) is 4.31. The monoisotopic (exact) mass is 270 g/mol. The first kappa shape index (κ1) is 15.2. The van der Waals surface area contributed by atoms with Gasteiger partial charge >= 0.3 is 0 Å². The average Bonchev–Trinajstić information content (AvgIpc) is 2.84. The molecule has 4 nitrogen and oxygen atoms in total. The molecule has 0 spiro atoms. The minimum Gasteiger partial charge on any atom is -0.381 e. The zero-order chi connectivity index (χ0) is 13.5. The molecule has 0 bridgehead atoms. The van der Waals surface area contributed by atoms with Crippen molar-refractivity contribution in [3.8, 4) is 0 Å². The lowest BCUT2D eigenvalue weighted by atomic mass is 9.98. The van der Waals surface area contributed by atoms with Gasteiger partial charge in [-0.25, -0.2) is 0 Å². The van der Waals surface area contributed by atoms with Crippen molar-refractivity contribution < 1.29 is 9.47 Å². The van der Waals surface area contributed by atoms with Crippen LogP contribution in [0.1, 0.15) is 26.2 Å². The van der Waals surface area contributed by atoms with Crippen LogP contribution in [0, 0.1) is 11.8 Å². The summed E-state index contributed by atoms with van der Waals surface area (Å²) in [5.41, 5.74) is 0. The summed E-state index contributed by atoms with van der Waals surface area (Å²) in [4.78, 5) is 2.50. The summed E-state index contributed by atoms with van der Waals surface area (Å²) in [5, 5.41) is 3.62. The van der Waals surface area contributed by atoms with Gasteiger partial charge in [-0.3, -0.25) is 0 Å². The number of hydrogen-bond donors (Lipinski definition) is 1. The van der Waals surface area contributed by atoms with E-state index >= 15 is 0 Å². The minimum atomic E-state index is 0.553. The number of rotatable bonds is 7. The Balaban J connectivity index is 1.69. The Morgan fingerprint density at radius 2 is 1.89 bits per heavy atom. The molecule has 0 amide bonds. The van der Waals surface area contributed by atoms with E-state index in [0.717, 1.165) is 45.4 Å². The summed E-state index contributed by atoms with van der Waals surface area (Å²) in [6, 6.07) is 0.553. The highest BCUT2D eigenvalue weighted by Gasteiger charge is 2.29. The summed E-state index contributed by atoms with van der Waals surface area (Å²) in [7, 11) is 2.25. The molecule has 2 saturated heterocycles. The zero-order valence-electron chi connectivity index (χ0n) is 12.6. The topological polar surface area (TPSA) is 33.7 Å². The molecule has 2 fully saturated rings. The fourth-order valence-electron chi connectivity index (χ4n) is 3.18. The quantitative estimate of drug-likeness (QED) is 0.757. The van der Waals surface area contributed by atoms with E-state index in [2.05, 4.69) is 24.2 Å². The fraction of sp³-hybridized carbons (Fsp3) is 1.00. The van der Waals surface area contributed by atoms with E-state index in [4.69, 9.17) is 9.47 Å². The Kier molecular flexibility index (Phi) is 6.57. The van der Waals surface area contributed by atoms with E-state index in [9.17, 15) is 0 Å². The molecule has 19 heavy (non-hydrogen) atoms. The van der Waals surface area contributed by atoms with Gasteiger partial charge in [0.15, 0.2) is 0 Å². The van der Waals surface area contributed by atoms with Crippen LogP contribution >= 0.6 is 0 Å². The lowest BCUT2D eigenvalue weighted by Gasteiger charge is -2.30. The van der Waals surface area contributed by atoms with Crippen LogP contribution in [0.5, 0.6) is 0 Å². The number of hydrogen-bond acceptors (Lipinski definition) is 4. The van der Waals surface area contributed by atoms with E-state index in [1.165, 1.54) is 25.8 Å². The molecule has 2 unspecified atom stereocenters. The van der Waals surface area contributed by atoms with E-state index in [1.54, 1.807) is 0 Å². The summed E-state index contributed by atoms with van der Waals surface area (Å²) >= 11 is 0.